The maximum atomic E-state index is 9.09. The van der Waals surface area contributed by atoms with Crippen LogP contribution in [0.1, 0.15) is 5.89 Å². The van der Waals surface area contributed by atoms with Crippen LogP contribution in [0.2, 0.25) is 0 Å². The first-order valence-electron chi connectivity index (χ1n) is 4.09. The topological polar surface area (TPSA) is 46.3 Å². The molecule has 4 heteroatoms. The van der Waals surface area contributed by atoms with E-state index in [1.165, 1.54) is 0 Å². The quantitative estimate of drug-likeness (QED) is 0.774. The van der Waals surface area contributed by atoms with Gasteiger partial charge in [0, 0.05) is 5.56 Å². The number of aromatic hydroxyl groups is 1. The minimum Gasteiger partial charge on any atom is -0.508 e. The Hall–Kier alpha value is -1.48. The molecule has 14 heavy (non-hydrogen) atoms. The van der Waals surface area contributed by atoms with Crippen molar-refractivity contribution in [1.29, 1.82) is 0 Å². The van der Waals surface area contributed by atoms with Gasteiger partial charge in [-0.15, -0.1) is 11.6 Å². The second-order valence-electron chi connectivity index (χ2n) is 2.81. The zero-order valence-electron chi connectivity index (χ0n) is 7.27. The van der Waals surface area contributed by atoms with Crippen LogP contribution >= 0.6 is 11.6 Å². The second kappa shape index (κ2) is 3.72. The Morgan fingerprint density at radius 1 is 1.29 bits per heavy atom. The summed E-state index contributed by atoms with van der Waals surface area (Å²) in [6.07, 6.45) is 1.55. The number of benzene rings is 1. The summed E-state index contributed by atoms with van der Waals surface area (Å²) in [5.74, 6) is 0.988. The fraction of sp³-hybridized carbons (Fsp3) is 0.100. The fourth-order valence-corrected chi connectivity index (χ4v) is 1.26. The van der Waals surface area contributed by atoms with E-state index in [0.29, 0.717) is 5.89 Å². The second-order valence-corrected chi connectivity index (χ2v) is 3.07. The third kappa shape index (κ3) is 1.72. The van der Waals surface area contributed by atoms with Crippen LogP contribution in [0.3, 0.4) is 0 Å². The number of aromatic nitrogens is 1. The molecule has 0 atom stereocenters. The standard InChI is InChI=1S/C10H8ClNO2/c11-5-10-12-9(6-14-10)7-1-3-8(13)4-2-7/h1-4,6,13H,5H2. The van der Waals surface area contributed by atoms with Crippen LogP contribution in [0.4, 0.5) is 0 Å². The van der Waals surface area contributed by atoms with Crippen LogP contribution in [0.15, 0.2) is 34.9 Å². The third-order valence-electron chi connectivity index (χ3n) is 1.83. The van der Waals surface area contributed by atoms with E-state index in [-0.39, 0.29) is 11.6 Å². The van der Waals surface area contributed by atoms with E-state index in [0.717, 1.165) is 11.3 Å². The Balaban J connectivity index is 2.34. The molecule has 3 nitrogen and oxygen atoms in total. The van der Waals surface area contributed by atoms with Gasteiger partial charge in [0.1, 0.15) is 17.7 Å². The first kappa shape index (κ1) is 9.09. The molecule has 0 bridgehead atoms. The van der Waals surface area contributed by atoms with E-state index in [1.54, 1.807) is 30.5 Å². The van der Waals surface area contributed by atoms with Crippen LogP contribution in [-0.2, 0) is 5.88 Å². The molecular weight excluding hydrogens is 202 g/mol. The Morgan fingerprint density at radius 2 is 2.00 bits per heavy atom. The van der Waals surface area contributed by atoms with Gasteiger partial charge in [0.15, 0.2) is 0 Å². The number of nitrogens with zero attached hydrogens (tertiary/aromatic N) is 1. The molecule has 0 unspecified atom stereocenters. The number of hydrogen-bond acceptors (Lipinski definition) is 3. The molecule has 72 valence electrons. The number of halogens is 1. The Bertz CT molecular complexity index is 422. The Kier molecular flexibility index (Phi) is 2.41. The minimum atomic E-state index is 0.231. The summed E-state index contributed by atoms with van der Waals surface area (Å²) in [6, 6.07) is 6.74. The van der Waals surface area contributed by atoms with Gasteiger partial charge >= 0.3 is 0 Å². The molecule has 1 N–H and O–H groups in total. The molecule has 1 aromatic carbocycles. The highest BCUT2D eigenvalue weighted by molar-refractivity contribution is 6.16. The van der Waals surface area contributed by atoms with Crippen molar-refractivity contribution >= 4 is 11.6 Å². The van der Waals surface area contributed by atoms with E-state index in [9.17, 15) is 0 Å². The van der Waals surface area contributed by atoms with Gasteiger partial charge in [0.2, 0.25) is 5.89 Å². The summed E-state index contributed by atoms with van der Waals surface area (Å²) in [6.45, 7) is 0. The van der Waals surface area contributed by atoms with E-state index >= 15 is 0 Å². The summed E-state index contributed by atoms with van der Waals surface area (Å²) in [4.78, 5) is 4.15. The molecule has 0 aliphatic rings. The highest BCUT2D eigenvalue weighted by Gasteiger charge is 2.04. The van der Waals surface area contributed by atoms with Crippen molar-refractivity contribution in [3.8, 4) is 17.0 Å². The molecule has 0 aliphatic carbocycles. The predicted molar refractivity (Wildman–Crippen MR) is 53.2 cm³/mol. The van der Waals surface area contributed by atoms with Crippen molar-refractivity contribution < 1.29 is 9.52 Å². The van der Waals surface area contributed by atoms with Crippen LogP contribution in [-0.4, -0.2) is 10.1 Å². The first-order valence-corrected chi connectivity index (χ1v) is 4.63. The molecule has 0 fully saturated rings. The van der Waals surface area contributed by atoms with E-state index in [2.05, 4.69) is 4.98 Å². The first-order chi connectivity index (χ1) is 6.79. The lowest BCUT2D eigenvalue weighted by Gasteiger charge is -1.94. The van der Waals surface area contributed by atoms with Crippen molar-refractivity contribution in [1.82, 2.24) is 4.98 Å². The Morgan fingerprint density at radius 3 is 2.57 bits per heavy atom. The van der Waals surface area contributed by atoms with Crippen LogP contribution < -0.4 is 0 Å². The van der Waals surface area contributed by atoms with Gasteiger partial charge in [-0.3, -0.25) is 0 Å². The minimum absolute atomic E-state index is 0.231. The number of phenolic OH excluding ortho intramolecular Hbond substituents is 1. The summed E-state index contributed by atoms with van der Waals surface area (Å²) in [5, 5.41) is 9.09. The molecule has 2 aromatic rings. The van der Waals surface area contributed by atoms with Gasteiger partial charge in [-0.2, -0.15) is 0 Å². The number of rotatable bonds is 2. The lowest BCUT2D eigenvalue weighted by atomic mass is 10.2. The maximum absolute atomic E-state index is 9.09. The van der Waals surface area contributed by atoms with Crippen molar-refractivity contribution in [2.24, 2.45) is 0 Å². The van der Waals surface area contributed by atoms with Crippen LogP contribution in [0.25, 0.3) is 11.3 Å². The van der Waals surface area contributed by atoms with E-state index in [4.69, 9.17) is 21.1 Å². The number of phenols is 1. The largest absolute Gasteiger partial charge is 0.508 e. The monoisotopic (exact) mass is 209 g/mol. The zero-order valence-corrected chi connectivity index (χ0v) is 8.03. The number of oxazole rings is 1. The molecule has 0 radical (unpaired) electrons. The summed E-state index contributed by atoms with van der Waals surface area (Å²) in [5.41, 5.74) is 1.61. The smallest absolute Gasteiger partial charge is 0.209 e. The molecule has 0 spiro atoms. The van der Waals surface area contributed by atoms with Crippen molar-refractivity contribution in [3.05, 3.63) is 36.4 Å². The van der Waals surface area contributed by atoms with E-state index < -0.39 is 0 Å². The molecule has 0 aliphatic heterocycles. The van der Waals surface area contributed by atoms with Gasteiger partial charge in [-0.1, -0.05) is 0 Å². The summed E-state index contributed by atoms with van der Waals surface area (Å²) >= 11 is 5.56. The zero-order chi connectivity index (χ0) is 9.97. The predicted octanol–water partition coefficient (Wildman–Crippen LogP) is 2.79. The highest BCUT2D eigenvalue weighted by Crippen LogP contribution is 2.21. The molecule has 1 aromatic heterocycles. The van der Waals surface area contributed by atoms with Crippen LogP contribution in [0, 0.1) is 0 Å². The average Bonchev–Trinajstić information content (AvgIpc) is 2.67. The molecule has 0 amide bonds. The average molecular weight is 210 g/mol. The van der Waals surface area contributed by atoms with Crippen LogP contribution in [0.5, 0.6) is 5.75 Å². The fourth-order valence-electron chi connectivity index (χ4n) is 1.14. The summed E-state index contributed by atoms with van der Waals surface area (Å²) < 4.78 is 5.09. The van der Waals surface area contributed by atoms with Crippen molar-refractivity contribution in [2.45, 2.75) is 5.88 Å². The Labute approximate surface area is 86.0 Å². The van der Waals surface area contributed by atoms with E-state index in [1.807, 2.05) is 0 Å². The molecule has 1 heterocycles. The van der Waals surface area contributed by atoms with Gasteiger partial charge in [0.25, 0.3) is 0 Å². The molecule has 0 saturated heterocycles. The third-order valence-corrected chi connectivity index (χ3v) is 2.06. The molecule has 0 saturated carbocycles. The molecular formula is C10H8ClNO2. The van der Waals surface area contributed by atoms with Crippen molar-refractivity contribution in [2.75, 3.05) is 0 Å². The highest BCUT2D eigenvalue weighted by atomic mass is 35.5. The summed E-state index contributed by atoms with van der Waals surface area (Å²) in [7, 11) is 0. The van der Waals surface area contributed by atoms with Gasteiger partial charge in [0.05, 0.1) is 5.88 Å². The number of alkyl halides is 1. The lowest BCUT2D eigenvalue weighted by molar-refractivity contribution is 0.475. The maximum Gasteiger partial charge on any atom is 0.209 e. The lowest BCUT2D eigenvalue weighted by Crippen LogP contribution is -1.79. The van der Waals surface area contributed by atoms with Gasteiger partial charge in [-0.25, -0.2) is 4.98 Å². The van der Waals surface area contributed by atoms with Crippen molar-refractivity contribution in [3.63, 3.8) is 0 Å². The normalized spacial score (nSPS) is 10.4. The number of hydrogen-bond donors (Lipinski definition) is 1. The van der Waals surface area contributed by atoms with Gasteiger partial charge < -0.3 is 9.52 Å². The molecule has 2 rings (SSSR count). The SMILES string of the molecule is Oc1ccc(-c2coc(CCl)n2)cc1. The van der Waals surface area contributed by atoms with Gasteiger partial charge in [-0.05, 0) is 24.3 Å².